The predicted molar refractivity (Wildman–Crippen MR) is 74.8 cm³/mol. The van der Waals surface area contributed by atoms with Gasteiger partial charge in [-0.1, -0.05) is 12.1 Å². The normalized spacial score (nSPS) is 9.80. The van der Waals surface area contributed by atoms with Crippen molar-refractivity contribution < 1.29 is 9.90 Å². The molecule has 0 spiro atoms. The number of nitrogens with zero attached hydrogens (tertiary/aromatic N) is 3. The van der Waals surface area contributed by atoms with E-state index in [-0.39, 0.29) is 11.3 Å². The average molecular weight is 268 g/mol. The van der Waals surface area contributed by atoms with Crippen molar-refractivity contribution in [2.24, 2.45) is 0 Å². The summed E-state index contributed by atoms with van der Waals surface area (Å²) in [6, 6.07) is 10.5. The third-order valence-corrected chi connectivity index (χ3v) is 2.85. The lowest BCUT2D eigenvalue weighted by Gasteiger charge is -2.21. The van der Waals surface area contributed by atoms with Crippen molar-refractivity contribution in [3.8, 4) is 6.07 Å². The van der Waals surface area contributed by atoms with E-state index in [1.807, 2.05) is 0 Å². The van der Waals surface area contributed by atoms with Crippen LogP contribution in [0.4, 0.5) is 17.2 Å². The monoisotopic (exact) mass is 268 g/mol. The molecule has 0 aliphatic heterocycles. The van der Waals surface area contributed by atoms with Crippen LogP contribution in [0.25, 0.3) is 0 Å². The van der Waals surface area contributed by atoms with Crippen LogP contribution in [0.2, 0.25) is 0 Å². The highest BCUT2D eigenvalue weighted by atomic mass is 16.4. The molecule has 0 aliphatic rings. The molecule has 1 heterocycles. The number of aromatic nitrogens is 1. The van der Waals surface area contributed by atoms with Crippen molar-refractivity contribution in [2.45, 2.75) is 0 Å². The molecule has 2 rings (SSSR count). The van der Waals surface area contributed by atoms with E-state index in [4.69, 9.17) is 16.1 Å². The van der Waals surface area contributed by atoms with Crippen LogP contribution in [0.3, 0.4) is 0 Å². The number of carboxylic acid groups (broad SMARTS) is 1. The van der Waals surface area contributed by atoms with E-state index < -0.39 is 5.97 Å². The Hall–Kier alpha value is -3.07. The fourth-order valence-corrected chi connectivity index (χ4v) is 1.85. The summed E-state index contributed by atoms with van der Waals surface area (Å²) in [6.45, 7) is 0. The minimum Gasteiger partial charge on any atom is -0.478 e. The van der Waals surface area contributed by atoms with Crippen LogP contribution < -0.4 is 10.6 Å². The largest absolute Gasteiger partial charge is 0.478 e. The molecule has 3 N–H and O–H groups in total. The third-order valence-electron chi connectivity index (χ3n) is 2.85. The van der Waals surface area contributed by atoms with E-state index in [0.717, 1.165) is 0 Å². The first kappa shape index (κ1) is 13.4. The van der Waals surface area contributed by atoms with Crippen LogP contribution in [0, 0.1) is 11.3 Å². The van der Waals surface area contributed by atoms with E-state index >= 15 is 0 Å². The van der Waals surface area contributed by atoms with E-state index in [2.05, 4.69) is 11.1 Å². The molecule has 0 bridgehead atoms. The van der Waals surface area contributed by atoms with Gasteiger partial charge in [-0.25, -0.2) is 9.78 Å². The van der Waals surface area contributed by atoms with Crippen molar-refractivity contribution in [1.29, 1.82) is 5.26 Å². The van der Waals surface area contributed by atoms with Crippen LogP contribution in [0.15, 0.2) is 36.5 Å². The molecular formula is C14H12N4O2. The molecule has 6 nitrogen and oxygen atoms in total. The van der Waals surface area contributed by atoms with Crippen LogP contribution in [-0.4, -0.2) is 23.1 Å². The maximum Gasteiger partial charge on any atom is 0.337 e. The number of rotatable bonds is 3. The Morgan fingerprint density at radius 1 is 1.45 bits per heavy atom. The standard InChI is InChI=1S/C14H12N4O2/c1-18(12-5-3-2-4-9(12)7-15)13-11(16)6-10(8-17-13)14(19)20/h2-6,8H,16H2,1H3,(H,19,20). The molecule has 2 aromatic rings. The summed E-state index contributed by atoms with van der Waals surface area (Å²) < 4.78 is 0. The number of nitrogens with two attached hydrogens (primary N) is 1. The number of hydrogen-bond acceptors (Lipinski definition) is 5. The van der Waals surface area contributed by atoms with Gasteiger partial charge in [-0.3, -0.25) is 0 Å². The molecule has 0 fully saturated rings. The zero-order valence-electron chi connectivity index (χ0n) is 10.7. The Morgan fingerprint density at radius 3 is 2.75 bits per heavy atom. The number of aromatic carboxylic acids is 1. The van der Waals surface area contributed by atoms with Gasteiger partial charge in [0.2, 0.25) is 0 Å². The molecule has 6 heteroatoms. The Morgan fingerprint density at radius 2 is 2.15 bits per heavy atom. The van der Waals surface area contributed by atoms with E-state index in [1.54, 1.807) is 36.2 Å². The molecule has 0 aliphatic carbocycles. The number of anilines is 3. The van der Waals surface area contributed by atoms with Gasteiger partial charge in [-0.2, -0.15) is 5.26 Å². The number of nitriles is 1. The lowest BCUT2D eigenvalue weighted by atomic mass is 10.1. The molecular weight excluding hydrogens is 256 g/mol. The molecule has 0 saturated carbocycles. The third kappa shape index (κ3) is 2.37. The summed E-state index contributed by atoms with van der Waals surface area (Å²) in [6.07, 6.45) is 1.24. The van der Waals surface area contributed by atoms with Gasteiger partial charge in [0.25, 0.3) is 0 Å². The summed E-state index contributed by atoms with van der Waals surface area (Å²) in [7, 11) is 1.72. The lowest BCUT2D eigenvalue weighted by molar-refractivity contribution is 0.0696. The van der Waals surface area contributed by atoms with Crippen LogP contribution in [0.5, 0.6) is 0 Å². The van der Waals surface area contributed by atoms with Crippen LogP contribution in [0.1, 0.15) is 15.9 Å². The molecule has 100 valence electrons. The molecule has 0 saturated heterocycles. The molecule has 1 aromatic carbocycles. The first-order valence-corrected chi connectivity index (χ1v) is 5.76. The van der Waals surface area contributed by atoms with Gasteiger partial charge >= 0.3 is 5.97 Å². The Bertz CT molecular complexity index is 707. The van der Waals surface area contributed by atoms with Crippen molar-refractivity contribution in [2.75, 3.05) is 17.7 Å². The van der Waals surface area contributed by atoms with Gasteiger partial charge in [-0.05, 0) is 18.2 Å². The van der Waals surface area contributed by atoms with E-state index in [1.165, 1.54) is 12.3 Å². The average Bonchev–Trinajstić information content (AvgIpc) is 2.46. The number of nitrogen functional groups attached to an aromatic ring is 1. The zero-order valence-corrected chi connectivity index (χ0v) is 10.7. The second-order valence-corrected chi connectivity index (χ2v) is 4.13. The number of hydrogen-bond donors (Lipinski definition) is 2. The number of carboxylic acids is 1. The second kappa shape index (κ2) is 5.28. The van der Waals surface area contributed by atoms with Crippen molar-refractivity contribution in [3.63, 3.8) is 0 Å². The Labute approximate surface area is 115 Å². The summed E-state index contributed by atoms with van der Waals surface area (Å²) in [5.41, 5.74) is 7.23. The maximum atomic E-state index is 10.9. The van der Waals surface area contributed by atoms with E-state index in [0.29, 0.717) is 17.1 Å². The van der Waals surface area contributed by atoms with Gasteiger partial charge in [0, 0.05) is 13.2 Å². The number of carbonyl (C=O) groups is 1. The summed E-state index contributed by atoms with van der Waals surface area (Å²) in [5, 5.41) is 18.0. The van der Waals surface area contributed by atoms with Gasteiger partial charge in [0.05, 0.1) is 22.5 Å². The lowest BCUT2D eigenvalue weighted by Crippen LogP contribution is -2.15. The van der Waals surface area contributed by atoms with Gasteiger partial charge in [0.15, 0.2) is 5.82 Å². The number of benzene rings is 1. The molecule has 20 heavy (non-hydrogen) atoms. The molecule has 0 atom stereocenters. The number of para-hydroxylation sites is 1. The Kier molecular flexibility index (Phi) is 3.53. The molecule has 0 unspecified atom stereocenters. The minimum atomic E-state index is -1.09. The van der Waals surface area contributed by atoms with Gasteiger partial charge in [-0.15, -0.1) is 0 Å². The number of pyridine rings is 1. The minimum absolute atomic E-state index is 0.0215. The summed E-state index contributed by atoms with van der Waals surface area (Å²) in [5.74, 6) is -0.687. The maximum absolute atomic E-state index is 10.9. The highest BCUT2D eigenvalue weighted by Gasteiger charge is 2.14. The van der Waals surface area contributed by atoms with Crippen molar-refractivity contribution in [3.05, 3.63) is 47.7 Å². The predicted octanol–water partition coefficient (Wildman–Crippen LogP) is 2.00. The highest BCUT2D eigenvalue weighted by Crippen LogP contribution is 2.29. The zero-order chi connectivity index (χ0) is 14.7. The Balaban J connectivity index is 2.46. The van der Waals surface area contributed by atoms with Gasteiger partial charge in [0.1, 0.15) is 6.07 Å². The van der Waals surface area contributed by atoms with E-state index in [9.17, 15) is 4.79 Å². The summed E-state index contributed by atoms with van der Waals surface area (Å²) >= 11 is 0. The second-order valence-electron chi connectivity index (χ2n) is 4.13. The van der Waals surface area contributed by atoms with Crippen LogP contribution in [-0.2, 0) is 0 Å². The molecule has 0 radical (unpaired) electrons. The SMILES string of the molecule is CN(c1ccccc1C#N)c1ncc(C(=O)O)cc1N. The van der Waals surface area contributed by atoms with Gasteiger partial charge < -0.3 is 15.7 Å². The van der Waals surface area contributed by atoms with Crippen molar-refractivity contribution in [1.82, 2.24) is 4.98 Å². The first-order chi connectivity index (χ1) is 9.54. The fraction of sp³-hybridized carbons (Fsp3) is 0.0714. The quantitative estimate of drug-likeness (QED) is 0.882. The van der Waals surface area contributed by atoms with Crippen LogP contribution >= 0.6 is 0 Å². The topological polar surface area (TPSA) is 103 Å². The highest BCUT2D eigenvalue weighted by molar-refractivity contribution is 5.89. The fourth-order valence-electron chi connectivity index (χ4n) is 1.85. The summed E-state index contributed by atoms with van der Waals surface area (Å²) in [4.78, 5) is 16.6. The molecule has 1 aromatic heterocycles. The molecule has 0 amide bonds. The smallest absolute Gasteiger partial charge is 0.337 e. The van der Waals surface area contributed by atoms with Crippen molar-refractivity contribution >= 4 is 23.2 Å². The first-order valence-electron chi connectivity index (χ1n) is 5.76.